The molecule has 0 amide bonds. The Morgan fingerprint density at radius 3 is 2.45 bits per heavy atom. The van der Waals surface area contributed by atoms with Gasteiger partial charge < -0.3 is 9.66 Å². The summed E-state index contributed by atoms with van der Waals surface area (Å²) in [4.78, 5) is 3.77. The van der Waals surface area contributed by atoms with Crippen molar-refractivity contribution in [1.29, 1.82) is 0 Å². The molecule has 0 aliphatic carbocycles. The van der Waals surface area contributed by atoms with E-state index in [1.54, 1.807) is 20.8 Å². The Hall–Kier alpha value is -0.350. The lowest BCUT2D eigenvalue weighted by molar-refractivity contribution is 0.0202. The number of aliphatic hydroxyl groups excluding tert-OH is 1. The van der Waals surface area contributed by atoms with Crippen molar-refractivity contribution >= 4 is 27.3 Å². The Kier molecular flexibility index (Phi) is 6.70. The number of pyridine rings is 1. The molecule has 0 aliphatic rings. The molecule has 9 heteroatoms. The van der Waals surface area contributed by atoms with Gasteiger partial charge in [-0.05, 0) is 48.8 Å². The molecule has 126 valence electrons. The third kappa shape index (κ3) is 4.35. The number of nitrogens with zero attached hydrogens (tertiary/aromatic N) is 1. The van der Waals surface area contributed by atoms with Gasteiger partial charge in [0.1, 0.15) is 20.9 Å². The van der Waals surface area contributed by atoms with E-state index in [2.05, 4.69) is 25.6 Å². The summed E-state index contributed by atoms with van der Waals surface area (Å²) in [6, 6.07) is 2.26. The number of hydrogen-bond acceptors (Lipinski definition) is 4. The predicted molar refractivity (Wildman–Crippen MR) is 82.3 cm³/mol. The van der Waals surface area contributed by atoms with Crippen molar-refractivity contribution in [3.05, 3.63) is 28.2 Å². The van der Waals surface area contributed by atoms with Gasteiger partial charge in [-0.3, -0.25) is 0 Å². The highest BCUT2D eigenvalue weighted by molar-refractivity contribution is 9.10. The monoisotopic (exact) mass is 402 g/mol. The van der Waals surface area contributed by atoms with Gasteiger partial charge in [-0.15, -0.1) is 4.72 Å². The van der Waals surface area contributed by atoms with Crippen molar-refractivity contribution in [2.45, 2.75) is 43.9 Å². The molecule has 22 heavy (non-hydrogen) atoms. The summed E-state index contributed by atoms with van der Waals surface area (Å²) in [5.74, 6) is -0.963. The minimum Gasteiger partial charge on any atom is -0.598 e. The molecule has 0 spiro atoms. The van der Waals surface area contributed by atoms with Crippen molar-refractivity contribution < 1.29 is 22.8 Å². The summed E-state index contributed by atoms with van der Waals surface area (Å²) in [6.07, 6.45) is -3.66. The van der Waals surface area contributed by atoms with Crippen molar-refractivity contribution in [2.75, 3.05) is 6.61 Å². The van der Waals surface area contributed by atoms with Crippen LogP contribution in [0.5, 0.6) is 0 Å². The first kappa shape index (κ1) is 19.7. The average molecular weight is 403 g/mol. The molecule has 4 nitrogen and oxygen atoms in total. The first-order valence-corrected chi connectivity index (χ1v) is 8.40. The van der Waals surface area contributed by atoms with Gasteiger partial charge in [0.15, 0.2) is 5.54 Å². The van der Waals surface area contributed by atoms with Gasteiger partial charge in [0.2, 0.25) is 0 Å². The summed E-state index contributed by atoms with van der Waals surface area (Å²) in [5, 5.41) is 9.15. The van der Waals surface area contributed by atoms with Crippen LogP contribution in [-0.4, -0.2) is 32.4 Å². The molecule has 0 saturated carbocycles. The zero-order valence-corrected chi connectivity index (χ0v) is 14.8. The Balaban J connectivity index is 3.41. The van der Waals surface area contributed by atoms with E-state index < -0.39 is 52.6 Å². The maximum Gasteiger partial charge on any atom is 0.266 e. The highest BCUT2D eigenvalue weighted by atomic mass is 79.9. The second kappa shape index (κ2) is 7.48. The van der Waals surface area contributed by atoms with Crippen LogP contribution in [-0.2, 0) is 16.9 Å². The van der Waals surface area contributed by atoms with Crippen LogP contribution in [0.15, 0.2) is 16.7 Å². The third-order valence-corrected chi connectivity index (χ3v) is 5.05. The van der Waals surface area contributed by atoms with Gasteiger partial charge in [-0.25, -0.2) is 18.2 Å². The Morgan fingerprint density at radius 1 is 1.41 bits per heavy atom. The van der Waals surface area contributed by atoms with E-state index in [-0.39, 0.29) is 4.60 Å². The average Bonchev–Trinajstić information content (AvgIpc) is 2.39. The van der Waals surface area contributed by atoms with Gasteiger partial charge in [-0.2, -0.15) is 0 Å². The molecule has 1 aromatic heterocycles. The fraction of sp³-hybridized carbons (Fsp3) is 0.615. The minimum atomic E-state index is -3.12. The molecule has 0 saturated heterocycles. The fourth-order valence-corrected chi connectivity index (χ4v) is 2.94. The number of alkyl halides is 2. The fourth-order valence-electron chi connectivity index (χ4n) is 1.70. The smallest absolute Gasteiger partial charge is 0.266 e. The SMILES string of the molecule is CC(C)(C)[S+]([O-])N[C@](CCO)(c1nc(Br)ccc1F)C(F)F. The summed E-state index contributed by atoms with van der Waals surface area (Å²) >= 11 is 1.10. The highest BCUT2D eigenvalue weighted by Crippen LogP contribution is 2.35. The minimum absolute atomic E-state index is 0.162. The van der Waals surface area contributed by atoms with E-state index in [0.29, 0.717) is 0 Å². The summed E-state index contributed by atoms with van der Waals surface area (Å²) in [5.41, 5.74) is -2.93. The van der Waals surface area contributed by atoms with E-state index in [1.165, 1.54) is 6.07 Å². The molecular formula is C13H18BrF3N2O2S. The van der Waals surface area contributed by atoms with Gasteiger partial charge >= 0.3 is 0 Å². The standard InChI is InChI=1S/C13H18BrF3N2O2S/c1-12(2,3)22(21)19-13(6-7-20,11(16)17)10-8(15)4-5-9(14)18-10/h4-5,11,19-20H,6-7H2,1-3H3/t13-,22?/m1/s1. The topological polar surface area (TPSA) is 68.2 Å². The lowest BCUT2D eigenvalue weighted by Crippen LogP contribution is -2.56. The molecule has 0 aromatic carbocycles. The normalized spacial score (nSPS) is 16.6. The van der Waals surface area contributed by atoms with E-state index >= 15 is 0 Å². The van der Waals surface area contributed by atoms with Crippen LogP contribution in [0, 0.1) is 5.82 Å². The molecule has 0 radical (unpaired) electrons. The molecule has 1 unspecified atom stereocenters. The quantitative estimate of drug-likeness (QED) is 0.566. The molecule has 0 aliphatic heterocycles. The lowest BCUT2D eigenvalue weighted by Gasteiger charge is -2.36. The molecule has 1 heterocycles. The van der Waals surface area contributed by atoms with Crippen LogP contribution in [0.2, 0.25) is 0 Å². The molecule has 2 N–H and O–H groups in total. The third-order valence-electron chi connectivity index (χ3n) is 2.94. The predicted octanol–water partition coefficient (Wildman–Crippen LogP) is 2.88. The second-order valence-corrected chi connectivity index (χ2v) is 8.47. The van der Waals surface area contributed by atoms with Crippen LogP contribution < -0.4 is 4.72 Å². The Morgan fingerprint density at radius 2 is 2.00 bits per heavy atom. The van der Waals surface area contributed by atoms with E-state index in [1.807, 2.05) is 0 Å². The molecule has 0 fully saturated rings. The zero-order chi connectivity index (χ0) is 17.1. The van der Waals surface area contributed by atoms with E-state index in [0.717, 1.165) is 6.07 Å². The highest BCUT2D eigenvalue weighted by Gasteiger charge is 2.50. The van der Waals surface area contributed by atoms with Gasteiger partial charge in [0.05, 0.1) is 0 Å². The summed E-state index contributed by atoms with van der Waals surface area (Å²) < 4.78 is 55.4. The van der Waals surface area contributed by atoms with E-state index in [4.69, 9.17) is 5.11 Å². The van der Waals surface area contributed by atoms with Crippen LogP contribution >= 0.6 is 15.9 Å². The number of halogens is 4. The largest absolute Gasteiger partial charge is 0.598 e. The van der Waals surface area contributed by atoms with E-state index in [9.17, 15) is 17.7 Å². The van der Waals surface area contributed by atoms with Crippen LogP contribution in [0.3, 0.4) is 0 Å². The summed E-state index contributed by atoms with van der Waals surface area (Å²) in [7, 11) is 0. The van der Waals surface area contributed by atoms with Crippen molar-refractivity contribution in [1.82, 2.24) is 9.71 Å². The van der Waals surface area contributed by atoms with Gasteiger partial charge in [-0.1, -0.05) is 0 Å². The number of hydrogen-bond donors (Lipinski definition) is 2. The maximum absolute atomic E-state index is 14.1. The van der Waals surface area contributed by atoms with Crippen molar-refractivity contribution in [3.63, 3.8) is 0 Å². The molecule has 0 bridgehead atoms. The van der Waals surface area contributed by atoms with Crippen LogP contribution in [0.25, 0.3) is 0 Å². The number of nitrogens with one attached hydrogen (secondary N) is 1. The number of rotatable bonds is 6. The van der Waals surface area contributed by atoms with Gasteiger partial charge in [0.25, 0.3) is 6.43 Å². The van der Waals surface area contributed by atoms with Crippen molar-refractivity contribution in [2.24, 2.45) is 0 Å². The molecule has 2 atom stereocenters. The van der Waals surface area contributed by atoms with Crippen LogP contribution in [0.4, 0.5) is 13.2 Å². The number of aliphatic hydroxyl groups is 1. The first-order chi connectivity index (χ1) is 10.0. The van der Waals surface area contributed by atoms with Crippen LogP contribution in [0.1, 0.15) is 32.9 Å². The molecular weight excluding hydrogens is 385 g/mol. The first-order valence-electron chi connectivity index (χ1n) is 6.46. The second-order valence-electron chi connectivity index (χ2n) is 5.69. The Labute approximate surface area is 139 Å². The maximum atomic E-state index is 14.1. The van der Waals surface area contributed by atoms with Crippen molar-refractivity contribution in [3.8, 4) is 0 Å². The summed E-state index contributed by atoms with van der Waals surface area (Å²) in [6.45, 7) is 4.13. The lowest BCUT2D eigenvalue weighted by atomic mass is 9.92. The molecule has 1 rings (SSSR count). The Bertz CT molecular complexity index is 517. The number of aromatic nitrogens is 1. The zero-order valence-electron chi connectivity index (χ0n) is 12.4. The molecule has 1 aromatic rings. The van der Waals surface area contributed by atoms with Gasteiger partial charge in [0, 0.05) is 24.4 Å².